The number of halogens is 1. The van der Waals surface area contributed by atoms with Crippen LogP contribution in [0, 0.1) is 16.7 Å². The summed E-state index contributed by atoms with van der Waals surface area (Å²) in [4.78, 5) is 23.5. The van der Waals surface area contributed by atoms with Gasteiger partial charge in [0.2, 0.25) is 0 Å². The fourth-order valence-corrected chi connectivity index (χ4v) is 2.07. The van der Waals surface area contributed by atoms with Gasteiger partial charge in [0.25, 0.3) is 0 Å². The highest BCUT2D eigenvalue weighted by Gasteiger charge is 2.26. The Hall–Kier alpha value is -0.330. The lowest BCUT2D eigenvalue weighted by molar-refractivity contribution is -0.158. The van der Waals surface area contributed by atoms with Crippen molar-refractivity contribution >= 4 is 34.5 Å². The van der Waals surface area contributed by atoms with Crippen LogP contribution in [0.1, 0.15) is 48.0 Å². The minimum Gasteiger partial charge on any atom is -0.465 e. The molecule has 0 heterocycles. The molecule has 0 rings (SSSR count). The molecule has 0 fully saturated rings. The van der Waals surface area contributed by atoms with Crippen LogP contribution in [0.2, 0.25) is 0 Å². The van der Waals surface area contributed by atoms with E-state index in [0.717, 1.165) is 10.8 Å². The van der Waals surface area contributed by atoms with E-state index in [0.29, 0.717) is 13.2 Å². The molecule has 0 unspecified atom stereocenters. The van der Waals surface area contributed by atoms with E-state index in [1.165, 1.54) is 0 Å². The topological polar surface area (TPSA) is 52.6 Å². The first-order valence-electron chi connectivity index (χ1n) is 6.89. The van der Waals surface area contributed by atoms with Crippen molar-refractivity contribution in [1.29, 1.82) is 0 Å². The second kappa shape index (κ2) is 8.20. The number of carbonyl (C=O) groups is 2. The molecule has 0 aliphatic rings. The SMILES string of the molecule is CC(C)(C)C(=O)OCC(CCI)COC(=O)C(C)(C)C. The van der Waals surface area contributed by atoms with Gasteiger partial charge in [-0.1, -0.05) is 22.6 Å². The quantitative estimate of drug-likeness (QED) is 0.390. The van der Waals surface area contributed by atoms with Crippen LogP contribution >= 0.6 is 22.6 Å². The first-order chi connectivity index (χ1) is 8.98. The number of hydrogen-bond acceptors (Lipinski definition) is 4. The van der Waals surface area contributed by atoms with Crippen molar-refractivity contribution in [1.82, 2.24) is 0 Å². The Morgan fingerprint density at radius 3 is 1.50 bits per heavy atom. The van der Waals surface area contributed by atoms with E-state index in [9.17, 15) is 9.59 Å². The van der Waals surface area contributed by atoms with Crippen molar-refractivity contribution in [2.75, 3.05) is 17.6 Å². The molecule has 0 aliphatic heterocycles. The molecule has 0 amide bonds. The average Bonchev–Trinajstić information content (AvgIpc) is 2.29. The van der Waals surface area contributed by atoms with Gasteiger partial charge in [0.05, 0.1) is 24.0 Å². The Labute approximate surface area is 136 Å². The zero-order valence-electron chi connectivity index (χ0n) is 13.4. The van der Waals surface area contributed by atoms with Crippen LogP contribution in [0.4, 0.5) is 0 Å². The molecule has 0 spiro atoms. The van der Waals surface area contributed by atoms with E-state index >= 15 is 0 Å². The van der Waals surface area contributed by atoms with Crippen LogP contribution in [-0.2, 0) is 19.1 Å². The predicted molar refractivity (Wildman–Crippen MR) is 87.8 cm³/mol. The summed E-state index contributed by atoms with van der Waals surface area (Å²) in [6.07, 6.45) is 0.857. The summed E-state index contributed by atoms with van der Waals surface area (Å²) in [6, 6.07) is 0. The fourth-order valence-electron chi connectivity index (χ4n) is 1.19. The largest absolute Gasteiger partial charge is 0.465 e. The van der Waals surface area contributed by atoms with E-state index in [-0.39, 0.29) is 17.9 Å². The maximum atomic E-state index is 11.7. The van der Waals surface area contributed by atoms with Gasteiger partial charge in [0.15, 0.2) is 0 Å². The van der Waals surface area contributed by atoms with Crippen LogP contribution in [0.15, 0.2) is 0 Å². The molecule has 0 atom stereocenters. The van der Waals surface area contributed by atoms with Gasteiger partial charge in [0.1, 0.15) is 0 Å². The van der Waals surface area contributed by atoms with Gasteiger partial charge in [-0.05, 0) is 48.0 Å². The van der Waals surface area contributed by atoms with Crippen LogP contribution in [0.25, 0.3) is 0 Å². The Balaban J connectivity index is 4.31. The summed E-state index contributed by atoms with van der Waals surface area (Å²) >= 11 is 2.27. The number of hydrogen-bond donors (Lipinski definition) is 0. The highest BCUT2D eigenvalue weighted by atomic mass is 127. The summed E-state index contributed by atoms with van der Waals surface area (Å²) in [5.41, 5.74) is -1.01. The number of alkyl halides is 1. The molecule has 0 bridgehead atoms. The third-order valence-corrected chi connectivity index (χ3v) is 3.27. The summed E-state index contributed by atoms with van der Waals surface area (Å²) in [5.74, 6) is -0.388. The molecule has 0 aromatic rings. The highest BCUT2D eigenvalue weighted by molar-refractivity contribution is 14.1. The van der Waals surface area contributed by atoms with Gasteiger partial charge < -0.3 is 9.47 Å². The Morgan fingerprint density at radius 2 is 1.25 bits per heavy atom. The fraction of sp³-hybridized carbons (Fsp3) is 0.867. The number of rotatable bonds is 6. The van der Waals surface area contributed by atoms with Crippen LogP contribution in [0.3, 0.4) is 0 Å². The summed E-state index contributed by atoms with van der Waals surface area (Å²) in [6.45, 7) is 11.5. The molecule has 0 radical (unpaired) electrons. The van der Waals surface area contributed by atoms with E-state index in [1.54, 1.807) is 0 Å². The highest BCUT2D eigenvalue weighted by Crippen LogP contribution is 2.19. The number of esters is 2. The zero-order valence-corrected chi connectivity index (χ0v) is 15.6. The lowest BCUT2D eigenvalue weighted by Gasteiger charge is -2.22. The Bertz CT molecular complexity index is 296. The second-order valence-corrected chi connectivity index (χ2v) is 8.12. The van der Waals surface area contributed by atoms with Gasteiger partial charge in [-0.3, -0.25) is 9.59 Å². The Kier molecular flexibility index (Phi) is 8.06. The van der Waals surface area contributed by atoms with Gasteiger partial charge in [-0.2, -0.15) is 0 Å². The van der Waals surface area contributed by atoms with Crippen molar-refractivity contribution in [3.63, 3.8) is 0 Å². The van der Waals surface area contributed by atoms with Crippen molar-refractivity contribution in [3.05, 3.63) is 0 Å². The number of carbonyl (C=O) groups excluding carboxylic acids is 2. The van der Waals surface area contributed by atoms with Gasteiger partial charge >= 0.3 is 11.9 Å². The second-order valence-electron chi connectivity index (χ2n) is 7.04. The first-order valence-corrected chi connectivity index (χ1v) is 8.41. The monoisotopic (exact) mass is 398 g/mol. The Morgan fingerprint density at radius 1 is 0.900 bits per heavy atom. The van der Waals surface area contributed by atoms with Gasteiger partial charge in [-0.15, -0.1) is 0 Å². The number of ether oxygens (including phenoxy) is 2. The normalized spacial score (nSPS) is 12.4. The van der Waals surface area contributed by atoms with Gasteiger partial charge in [0, 0.05) is 10.3 Å². The molecule has 0 saturated carbocycles. The molecule has 0 aromatic carbocycles. The standard InChI is InChI=1S/C15H27IO4/c1-14(2,3)12(17)19-9-11(7-8-16)10-20-13(18)15(4,5)6/h11H,7-10H2,1-6H3. The summed E-state index contributed by atoms with van der Waals surface area (Å²) in [7, 11) is 0. The molecule has 20 heavy (non-hydrogen) atoms. The third-order valence-electron chi connectivity index (χ3n) is 2.64. The van der Waals surface area contributed by atoms with E-state index in [4.69, 9.17) is 9.47 Å². The first kappa shape index (κ1) is 19.7. The van der Waals surface area contributed by atoms with Crippen molar-refractivity contribution < 1.29 is 19.1 Å². The minimum absolute atomic E-state index is 0.0597. The lowest BCUT2D eigenvalue weighted by Crippen LogP contribution is -2.29. The molecular formula is C15H27IO4. The average molecular weight is 398 g/mol. The van der Waals surface area contributed by atoms with E-state index < -0.39 is 10.8 Å². The summed E-state index contributed by atoms with van der Waals surface area (Å²) < 4.78 is 11.5. The summed E-state index contributed by atoms with van der Waals surface area (Å²) in [5, 5.41) is 0. The van der Waals surface area contributed by atoms with Crippen LogP contribution < -0.4 is 0 Å². The molecule has 4 nitrogen and oxygen atoms in total. The van der Waals surface area contributed by atoms with Crippen LogP contribution in [-0.4, -0.2) is 29.6 Å². The smallest absolute Gasteiger partial charge is 0.311 e. The van der Waals surface area contributed by atoms with E-state index in [2.05, 4.69) is 22.6 Å². The molecule has 0 saturated heterocycles. The zero-order chi connectivity index (χ0) is 16.0. The van der Waals surface area contributed by atoms with Crippen LogP contribution in [0.5, 0.6) is 0 Å². The van der Waals surface area contributed by atoms with E-state index in [1.807, 2.05) is 41.5 Å². The predicted octanol–water partition coefficient (Wildman–Crippen LogP) is 3.61. The third kappa shape index (κ3) is 8.07. The lowest BCUT2D eigenvalue weighted by atomic mass is 9.97. The van der Waals surface area contributed by atoms with Gasteiger partial charge in [-0.25, -0.2) is 0 Å². The molecule has 0 aliphatic carbocycles. The minimum atomic E-state index is -0.503. The maximum Gasteiger partial charge on any atom is 0.311 e. The van der Waals surface area contributed by atoms with Crippen molar-refractivity contribution in [2.45, 2.75) is 48.0 Å². The molecule has 0 N–H and O–H groups in total. The molecule has 0 aromatic heterocycles. The van der Waals surface area contributed by atoms with Crippen molar-refractivity contribution in [3.8, 4) is 0 Å². The maximum absolute atomic E-state index is 11.7. The molecular weight excluding hydrogens is 371 g/mol. The molecule has 118 valence electrons. The molecule has 5 heteroatoms. The van der Waals surface area contributed by atoms with Crippen molar-refractivity contribution in [2.24, 2.45) is 16.7 Å².